The Balaban J connectivity index is 1.88. The monoisotopic (exact) mass is 265 g/mol. The van der Waals surface area contributed by atoms with Gasteiger partial charge in [0, 0.05) is 18.3 Å². The highest BCUT2D eigenvalue weighted by Crippen LogP contribution is 2.16. The van der Waals surface area contributed by atoms with Crippen LogP contribution in [0.15, 0.2) is 48.8 Å². The molecule has 0 unspecified atom stereocenters. The molecule has 100 valence electrons. The summed E-state index contributed by atoms with van der Waals surface area (Å²) in [7, 11) is 1.93. The summed E-state index contributed by atoms with van der Waals surface area (Å²) < 4.78 is 1.93. The number of nitrogens with one attached hydrogen (secondary N) is 1. The summed E-state index contributed by atoms with van der Waals surface area (Å²) in [4.78, 5) is 16.5. The van der Waals surface area contributed by atoms with Crippen molar-refractivity contribution in [2.45, 2.75) is 6.92 Å². The molecule has 20 heavy (non-hydrogen) atoms. The normalized spacial score (nSPS) is 10.7. The van der Waals surface area contributed by atoms with E-state index in [2.05, 4.69) is 10.3 Å². The predicted octanol–water partition coefficient (Wildman–Crippen LogP) is 3.13. The van der Waals surface area contributed by atoms with Gasteiger partial charge in [0.2, 0.25) is 0 Å². The average Bonchev–Trinajstić information content (AvgIpc) is 2.80. The summed E-state index contributed by atoms with van der Waals surface area (Å²) in [6.45, 7) is 2.00. The van der Waals surface area contributed by atoms with E-state index in [0.717, 1.165) is 22.3 Å². The number of hydrogen-bond acceptors (Lipinski definition) is 2. The van der Waals surface area contributed by atoms with Crippen LogP contribution < -0.4 is 5.32 Å². The summed E-state index contributed by atoms with van der Waals surface area (Å²) >= 11 is 0. The van der Waals surface area contributed by atoms with E-state index in [1.165, 1.54) is 0 Å². The second kappa shape index (κ2) is 4.81. The number of fused-ring (bicyclic) bond motifs is 1. The molecule has 0 aliphatic rings. The Labute approximate surface area is 117 Å². The number of rotatable bonds is 2. The van der Waals surface area contributed by atoms with Crippen LogP contribution in [0.3, 0.4) is 0 Å². The van der Waals surface area contributed by atoms with Gasteiger partial charge in [0.1, 0.15) is 0 Å². The van der Waals surface area contributed by atoms with Crippen molar-refractivity contribution in [1.29, 1.82) is 0 Å². The zero-order valence-electron chi connectivity index (χ0n) is 11.4. The van der Waals surface area contributed by atoms with Crippen LogP contribution in [0, 0.1) is 6.92 Å². The van der Waals surface area contributed by atoms with Gasteiger partial charge in [-0.15, -0.1) is 0 Å². The van der Waals surface area contributed by atoms with E-state index < -0.39 is 0 Å². The van der Waals surface area contributed by atoms with Gasteiger partial charge >= 0.3 is 0 Å². The van der Waals surface area contributed by atoms with Crippen molar-refractivity contribution in [3.8, 4) is 0 Å². The number of amides is 1. The fraction of sp³-hybridized carbons (Fsp3) is 0.125. The zero-order valence-corrected chi connectivity index (χ0v) is 11.4. The first-order valence-electron chi connectivity index (χ1n) is 6.42. The van der Waals surface area contributed by atoms with Crippen LogP contribution in [0.5, 0.6) is 0 Å². The molecule has 4 heteroatoms. The number of benzene rings is 2. The molecule has 0 saturated heterocycles. The number of anilines is 1. The third-order valence-electron chi connectivity index (χ3n) is 3.26. The van der Waals surface area contributed by atoms with Gasteiger partial charge in [0.15, 0.2) is 0 Å². The van der Waals surface area contributed by atoms with Gasteiger partial charge in [-0.1, -0.05) is 12.1 Å². The smallest absolute Gasteiger partial charge is 0.255 e. The fourth-order valence-corrected chi connectivity index (χ4v) is 2.20. The molecule has 1 amide bonds. The molecule has 0 aliphatic heterocycles. The van der Waals surface area contributed by atoms with Gasteiger partial charge in [-0.05, 0) is 42.8 Å². The van der Waals surface area contributed by atoms with E-state index in [4.69, 9.17) is 0 Å². The summed E-state index contributed by atoms with van der Waals surface area (Å²) in [5.74, 6) is -0.122. The van der Waals surface area contributed by atoms with Gasteiger partial charge in [0.05, 0.1) is 17.4 Å². The van der Waals surface area contributed by atoms with E-state index in [0.29, 0.717) is 5.56 Å². The lowest BCUT2D eigenvalue weighted by atomic mass is 10.1. The van der Waals surface area contributed by atoms with Crippen LogP contribution in [-0.2, 0) is 7.05 Å². The van der Waals surface area contributed by atoms with Crippen LogP contribution in [-0.4, -0.2) is 15.5 Å². The maximum absolute atomic E-state index is 12.2. The molecule has 0 atom stereocenters. The lowest BCUT2D eigenvalue weighted by Gasteiger charge is -2.06. The highest BCUT2D eigenvalue weighted by molar-refractivity contribution is 6.05. The quantitative estimate of drug-likeness (QED) is 0.773. The van der Waals surface area contributed by atoms with Gasteiger partial charge in [0.25, 0.3) is 5.91 Å². The second-order valence-electron chi connectivity index (χ2n) is 4.88. The number of hydrogen-bond donors (Lipinski definition) is 1. The van der Waals surface area contributed by atoms with Crippen molar-refractivity contribution in [2.24, 2.45) is 7.05 Å². The summed E-state index contributed by atoms with van der Waals surface area (Å²) in [5.41, 5.74) is 4.36. The third kappa shape index (κ3) is 2.28. The Morgan fingerprint density at radius 2 is 2.05 bits per heavy atom. The summed E-state index contributed by atoms with van der Waals surface area (Å²) in [6, 6.07) is 13.3. The van der Waals surface area contributed by atoms with Crippen molar-refractivity contribution < 1.29 is 4.79 Å². The highest BCUT2D eigenvalue weighted by atomic mass is 16.1. The molecule has 1 N–H and O–H groups in total. The fourth-order valence-electron chi connectivity index (χ4n) is 2.20. The third-order valence-corrected chi connectivity index (χ3v) is 3.26. The first-order chi connectivity index (χ1) is 9.63. The Morgan fingerprint density at radius 1 is 1.20 bits per heavy atom. The minimum absolute atomic E-state index is 0.122. The van der Waals surface area contributed by atoms with E-state index in [-0.39, 0.29) is 5.91 Å². The highest BCUT2D eigenvalue weighted by Gasteiger charge is 2.08. The minimum atomic E-state index is -0.122. The standard InChI is InChI=1S/C16H15N3O/c1-11-4-3-5-13(8-11)18-16(20)12-6-7-15-14(9-12)17-10-19(15)2/h3-10H,1-2H3,(H,18,20). The molecule has 0 bridgehead atoms. The molecule has 0 fully saturated rings. The maximum atomic E-state index is 12.2. The molecular weight excluding hydrogens is 250 g/mol. The van der Waals surface area contributed by atoms with Gasteiger partial charge in [-0.3, -0.25) is 4.79 Å². The molecule has 3 rings (SSSR count). The molecule has 4 nitrogen and oxygen atoms in total. The van der Waals surface area contributed by atoms with E-state index in [1.807, 2.05) is 54.9 Å². The van der Waals surface area contributed by atoms with E-state index in [9.17, 15) is 4.79 Å². The Morgan fingerprint density at radius 3 is 2.85 bits per heavy atom. The molecule has 0 aliphatic carbocycles. The molecule has 0 radical (unpaired) electrons. The summed E-state index contributed by atoms with van der Waals surface area (Å²) in [6.07, 6.45) is 1.74. The number of carbonyl (C=O) groups excluding carboxylic acids is 1. The van der Waals surface area contributed by atoms with E-state index in [1.54, 1.807) is 12.4 Å². The lowest BCUT2D eigenvalue weighted by molar-refractivity contribution is 0.102. The molecule has 1 heterocycles. The zero-order chi connectivity index (χ0) is 14.1. The van der Waals surface area contributed by atoms with Crippen molar-refractivity contribution in [2.75, 3.05) is 5.32 Å². The van der Waals surface area contributed by atoms with Crippen LogP contribution in [0.2, 0.25) is 0 Å². The minimum Gasteiger partial charge on any atom is -0.334 e. The molecular formula is C16H15N3O. The van der Waals surface area contributed by atoms with Crippen molar-refractivity contribution in [3.05, 3.63) is 59.9 Å². The largest absolute Gasteiger partial charge is 0.334 e. The molecule has 0 spiro atoms. The Hall–Kier alpha value is -2.62. The Bertz CT molecular complexity index is 789. The van der Waals surface area contributed by atoms with Crippen LogP contribution in [0.4, 0.5) is 5.69 Å². The second-order valence-corrected chi connectivity index (χ2v) is 4.88. The predicted molar refractivity (Wildman–Crippen MR) is 79.8 cm³/mol. The number of carbonyl (C=O) groups is 1. The SMILES string of the molecule is Cc1cccc(NC(=O)c2ccc3c(c2)ncn3C)c1. The number of aryl methyl sites for hydroxylation is 2. The van der Waals surface area contributed by atoms with Crippen LogP contribution in [0.25, 0.3) is 11.0 Å². The summed E-state index contributed by atoms with van der Waals surface area (Å²) in [5, 5.41) is 2.90. The number of imidazole rings is 1. The first kappa shape index (κ1) is 12.4. The number of nitrogens with zero attached hydrogens (tertiary/aromatic N) is 2. The first-order valence-corrected chi connectivity index (χ1v) is 6.42. The maximum Gasteiger partial charge on any atom is 0.255 e. The topological polar surface area (TPSA) is 46.9 Å². The van der Waals surface area contributed by atoms with Gasteiger partial charge in [-0.2, -0.15) is 0 Å². The van der Waals surface area contributed by atoms with Crippen molar-refractivity contribution in [1.82, 2.24) is 9.55 Å². The van der Waals surface area contributed by atoms with Crippen molar-refractivity contribution in [3.63, 3.8) is 0 Å². The molecule has 1 aromatic heterocycles. The molecule has 0 saturated carbocycles. The van der Waals surface area contributed by atoms with Crippen molar-refractivity contribution >= 4 is 22.6 Å². The van der Waals surface area contributed by atoms with Gasteiger partial charge < -0.3 is 9.88 Å². The molecule has 3 aromatic rings. The van der Waals surface area contributed by atoms with Gasteiger partial charge in [-0.25, -0.2) is 4.98 Å². The average molecular weight is 265 g/mol. The molecule has 2 aromatic carbocycles. The van der Waals surface area contributed by atoms with E-state index >= 15 is 0 Å². The van der Waals surface area contributed by atoms with Crippen LogP contribution >= 0.6 is 0 Å². The Kier molecular flexibility index (Phi) is 2.99. The lowest BCUT2D eigenvalue weighted by Crippen LogP contribution is -2.11. The van der Waals surface area contributed by atoms with Crippen LogP contribution in [0.1, 0.15) is 15.9 Å². The number of aromatic nitrogens is 2.